The second-order valence-corrected chi connectivity index (χ2v) is 9.36. The van der Waals surface area contributed by atoms with Crippen molar-refractivity contribution < 1.29 is 22.4 Å². The molecule has 2 aromatic heterocycles. The van der Waals surface area contributed by atoms with Gasteiger partial charge in [0, 0.05) is 21.9 Å². The Morgan fingerprint density at radius 3 is 2.64 bits per heavy atom. The van der Waals surface area contributed by atoms with Crippen molar-refractivity contribution in [1.29, 1.82) is 0 Å². The Hall–Kier alpha value is -3.54. The number of carbonyl (C=O) groups excluding carboxylic acids is 1. The van der Waals surface area contributed by atoms with Gasteiger partial charge in [-0.25, -0.2) is 14.1 Å². The highest BCUT2D eigenvalue weighted by Gasteiger charge is 2.40. The predicted molar refractivity (Wildman–Crippen MR) is 127 cm³/mol. The molecular formula is C24H19BrF4N6O. The SMILES string of the molecule is Cc1cn(-c2ccc(-c3cn([C@H]4CCc5c(Br)cccc5N(CC(F)(F)F)C4=O)nn3)cc2F)cn1. The number of carbonyl (C=O) groups is 1. The van der Waals surface area contributed by atoms with Crippen molar-refractivity contribution >= 4 is 27.5 Å². The number of amides is 1. The van der Waals surface area contributed by atoms with Crippen LogP contribution in [0.25, 0.3) is 16.9 Å². The summed E-state index contributed by atoms with van der Waals surface area (Å²) in [5.74, 6) is -1.25. The Labute approximate surface area is 211 Å². The number of fused-ring (bicyclic) bond motifs is 1. The van der Waals surface area contributed by atoms with Gasteiger partial charge in [0.25, 0.3) is 5.91 Å². The molecule has 12 heteroatoms. The van der Waals surface area contributed by atoms with E-state index in [1.807, 2.05) is 0 Å². The molecule has 1 amide bonds. The lowest BCUT2D eigenvalue weighted by Gasteiger charge is -2.27. The number of anilines is 1. The maximum atomic E-state index is 14.8. The second-order valence-electron chi connectivity index (χ2n) is 8.50. The molecule has 1 aliphatic heterocycles. The third-order valence-corrected chi connectivity index (χ3v) is 6.75. The minimum atomic E-state index is -4.59. The zero-order valence-corrected chi connectivity index (χ0v) is 20.5. The van der Waals surface area contributed by atoms with Gasteiger partial charge < -0.3 is 9.47 Å². The van der Waals surface area contributed by atoms with E-state index in [0.29, 0.717) is 33.4 Å². The number of nitrogens with zero attached hydrogens (tertiary/aromatic N) is 6. The summed E-state index contributed by atoms with van der Waals surface area (Å²) in [6, 6.07) is 8.33. The van der Waals surface area contributed by atoms with E-state index >= 15 is 0 Å². The van der Waals surface area contributed by atoms with Crippen LogP contribution in [0.3, 0.4) is 0 Å². The minimum Gasteiger partial charge on any atom is -0.303 e. The molecule has 0 bridgehead atoms. The first-order chi connectivity index (χ1) is 17.1. The maximum absolute atomic E-state index is 14.8. The van der Waals surface area contributed by atoms with Crippen LogP contribution in [-0.4, -0.2) is 43.2 Å². The molecule has 0 saturated carbocycles. The number of halogens is 5. The van der Waals surface area contributed by atoms with Gasteiger partial charge in [0.05, 0.1) is 23.9 Å². The van der Waals surface area contributed by atoms with Crippen LogP contribution in [0, 0.1) is 12.7 Å². The normalized spacial score (nSPS) is 16.2. The summed E-state index contributed by atoms with van der Waals surface area (Å²) in [5.41, 5.74) is 2.58. The van der Waals surface area contributed by atoms with Gasteiger partial charge in [-0.3, -0.25) is 4.79 Å². The average molecular weight is 563 g/mol. The highest BCUT2D eigenvalue weighted by atomic mass is 79.9. The number of benzene rings is 2. The topological polar surface area (TPSA) is 68.8 Å². The first kappa shape index (κ1) is 24.2. The van der Waals surface area contributed by atoms with Crippen LogP contribution < -0.4 is 4.90 Å². The highest BCUT2D eigenvalue weighted by molar-refractivity contribution is 9.10. The highest BCUT2D eigenvalue weighted by Crippen LogP contribution is 2.37. The standard InChI is InChI=1S/C24H19BrF4N6O/c1-14-10-33(13-30-14)21-7-5-15(9-18(21)26)19-11-35(32-31-19)22-8-6-16-17(25)3-2-4-20(16)34(23(22)36)12-24(27,28)29/h2-5,7,9-11,13,22H,6,8,12H2,1H3/t22-/m0/s1. The summed E-state index contributed by atoms with van der Waals surface area (Å²) in [5, 5.41) is 8.09. The van der Waals surface area contributed by atoms with E-state index in [-0.39, 0.29) is 12.1 Å². The summed E-state index contributed by atoms with van der Waals surface area (Å²) < 4.78 is 58.5. The van der Waals surface area contributed by atoms with Crippen molar-refractivity contribution in [1.82, 2.24) is 24.5 Å². The lowest BCUT2D eigenvalue weighted by molar-refractivity contribution is -0.134. The molecule has 1 aliphatic rings. The smallest absolute Gasteiger partial charge is 0.303 e. The summed E-state index contributed by atoms with van der Waals surface area (Å²) in [7, 11) is 0. The van der Waals surface area contributed by atoms with E-state index in [4.69, 9.17) is 0 Å². The van der Waals surface area contributed by atoms with Gasteiger partial charge in [-0.05, 0) is 49.6 Å². The van der Waals surface area contributed by atoms with Gasteiger partial charge in [0.2, 0.25) is 0 Å². The molecule has 4 aromatic rings. The monoisotopic (exact) mass is 562 g/mol. The van der Waals surface area contributed by atoms with E-state index < -0.39 is 30.5 Å². The minimum absolute atomic E-state index is 0.210. The molecule has 3 heterocycles. The van der Waals surface area contributed by atoms with E-state index in [9.17, 15) is 22.4 Å². The molecule has 186 valence electrons. The van der Waals surface area contributed by atoms with E-state index in [0.717, 1.165) is 10.6 Å². The van der Waals surface area contributed by atoms with Crippen LogP contribution in [0.5, 0.6) is 0 Å². The lowest BCUT2D eigenvalue weighted by atomic mass is 10.1. The molecule has 7 nitrogen and oxygen atoms in total. The van der Waals surface area contributed by atoms with Gasteiger partial charge in [0.15, 0.2) is 0 Å². The Morgan fingerprint density at radius 2 is 1.94 bits per heavy atom. The maximum Gasteiger partial charge on any atom is 0.406 e. The largest absolute Gasteiger partial charge is 0.406 e. The quantitative estimate of drug-likeness (QED) is 0.311. The molecule has 0 radical (unpaired) electrons. The summed E-state index contributed by atoms with van der Waals surface area (Å²) >= 11 is 3.39. The Morgan fingerprint density at radius 1 is 1.14 bits per heavy atom. The number of hydrogen-bond acceptors (Lipinski definition) is 4. The van der Waals surface area contributed by atoms with Crippen molar-refractivity contribution in [3.05, 3.63) is 76.7 Å². The Balaban J connectivity index is 1.46. The van der Waals surface area contributed by atoms with Crippen molar-refractivity contribution in [3.63, 3.8) is 0 Å². The summed E-state index contributed by atoms with van der Waals surface area (Å²) in [4.78, 5) is 18.2. The second kappa shape index (κ2) is 9.16. The first-order valence-electron chi connectivity index (χ1n) is 11.0. The Bertz CT molecular complexity index is 1450. The Kier molecular flexibility index (Phi) is 6.15. The predicted octanol–water partition coefficient (Wildman–Crippen LogP) is 5.42. The molecule has 5 rings (SSSR count). The fourth-order valence-corrected chi connectivity index (χ4v) is 4.88. The van der Waals surface area contributed by atoms with Crippen LogP contribution in [0.4, 0.5) is 23.2 Å². The van der Waals surface area contributed by atoms with Crippen LogP contribution in [0.2, 0.25) is 0 Å². The van der Waals surface area contributed by atoms with E-state index in [1.54, 1.807) is 42.0 Å². The number of hydrogen-bond donors (Lipinski definition) is 0. The van der Waals surface area contributed by atoms with Gasteiger partial charge in [0.1, 0.15) is 24.1 Å². The van der Waals surface area contributed by atoms with Crippen LogP contribution in [-0.2, 0) is 11.2 Å². The molecule has 0 spiro atoms. The molecule has 0 fully saturated rings. The molecule has 1 atom stereocenters. The third-order valence-electron chi connectivity index (χ3n) is 6.00. The van der Waals surface area contributed by atoms with E-state index in [1.165, 1.54) is 29.3 Å². The van der Waals surface area contributed by atoms with Gasteiger partial charge >= 0.3 is 6.18 Å². The number of aromatic nitrogens is 5. The zero-order chi connectivity index (χ0) is 25.6. The lowest BCUT2D eigenvalue weighted by Crippen LogP contribution is -2.42. The van der Waals surface area contributed by atoms with Gasteiger partial charge in [-0.1, -0.05) is 33.3 Å². The number of imidazole rings is 1. The molecule has 0 aliphatic carbocycles. The van der Waals surface area contributed by atoms with Gasteiger partial charge in [-0.15, -0.1) is 5.10 Å². The van der Waals surface area contributed by atoms with E-state index in [2.05, 4.69) is 31.2 Å². The zero-order valence-electron chi connectivity index (χ0n) is 18.9. The fourth-order valence-electron chi connectivity index (χ4n) is 4.33. The molecule has 0 N–H and O–H groups in total. The van der Waals surface area contributed by atoms with Crippen molar-refractivity contribution in [3.8, 4) is 16.9 Å². The van der Waals surface area contributed by atoms with Crippen LogP contribution in [0.1, 0.15) is 23.7 Å². The first-order valence-corrected chi connectivity index (χ1v) is 11.8. The van der Waals surface area contributed by atoms with Gasteiger partial charge in [-0.2, -0.15) is 13.2 Å². The number of rotatable bonds is 4. The molecule has 36 heavy (non-hydrogen) atoms. The van der Waals surface area contributed by atoms with Crippen molar-refractivity contribution in [2.75, 3.05) is 11.4 Å². The van der Waals surface area contributed by atoms with Crippen LogP contribution in [0.15, 0.2) is 59.6 Å². The number of alkyl halides is 3. The average Bonchev–Trinajstić information content (AvgIpc) is 3.44. The van der Waals surface area contributed by atoms with Crippen molar-refractivity contribution in [2.45, 2.75) is 32.0 Å². The molecular weight excluding hydrogens is 544 g/mol. The molecule has 0 unspecified atom stereocenters. The van der Waals surface area contributed by atoms with Crippen LogP contribution >= 0.6 is 15.9 Å². The summed E-state index contributed by atoms with van der Waals surface area (Å²) in [6.07, 6.45) is 0.628. The third kappa shape index (κ3) is 4.64. The number of aryl methyl sites for hydroxylation is 1. The summed E-state index contributed by atoms with van der Waals surface area (Å²) in [6.45, 7) is 0.372. The van der Waals surface area contributed by atoms with Crippen molar-refractivity contribution in [2.24, 2.45) is 0 Å². The molecule has 0 saturated heterocycles. The molecule has 2 aromatic carbocycles. The fraction of sp³-hybridized carbons (Fsp3) is 0.250.